The van der Waals surface area contributed by atoms with Crippen molar-refractivity contribution in [1.29, 1.82) is 5.26 Å². The largest absolute Gasteiger partial charge is 0.380 e. The van der Waals surface area contributed by atoms with Crippen LogP contribution in [0.1, 0.15) is 13.3 Å². The van der Waals surface area contributed by atoms with Crippen molar-refractivity contribution < 1.29 is 9.53 Å². The Kier molecular flexibility index (Phi) is 6.67. The Morgan fingerprint density at radius 1 is 1.67 bits per heavy atom. The molecule has 0 aliphatic carbocycles. The van der Waals surface area contributed by atoms with E-state index in [0.717, 1.165) is 0 Å². The molecule has 0 aromatic rings. The van der Waals surface area contributed by atoms with Crippen molar-refractivity contribution in [3.05, 3.63) is 0 Å². The predicted molar refractivity (Wildman–Crippen MR) is 56.9 cm³/mol. The molecule has 0 saturated carbocycles. The van der Waals surface area contributed by atoms with Gasteiger partial charge in [0, 0.05) is 27.2 Å². The van der Waals surface area contributed by atoms with E-state index in [4.69, 9.17) is 15.7 Å². The summed E-state index contributed by atoms with van der Waals surface area (Å²) < 4.78 is 5.01. The molecule has 0 bridgehead atoms. The first-order valence-electron chi connectivity index (χ1n) is 4.91. The summed E-state index contributed by atoms with van der Waals surface area (Å²) in [4.78, 5) is 13.1. The van der Waals surface area contributed by atoms with Gasteiger partial charge in [0.2, 0.25) is 5.91 Å². The Morgan fingerprint density at radius 2 is 2.27 bits per heavy atom. The summed E-state index contributed by atoms with van der Waals surface area (Å²) in [5.74, 6) is -0.202. The fourth-order valence-electron chi connectivity index (χ4n) is 1.17. The number of nitriles is 1. The van der Waals surface area contributed by atoms with Gasteiger partial charge < -0.3 is 15.4 Å². The van der Waals surface area contributed by atoms with Crippen LogP contribution >= 0.6 is 0 Å². The monoisotopic (exact) mass is 213 g/mol. The van der Waals surface area contributed by atoms with Crippen LogP contribution in [0.5, 0.6) is 0 Å². The van der Waals surface area contributed by atoms with Crippen LogP contribution in [0.3, 0.4) is 0 Å². The van der Waals surface area contributed by atoms with Crippen LogP contribution < -0.4 is 5.73 Å². The Morgan fingerprint density at radius 3 is 2.67 bits per heavy atom. The minimum absolute atomic E-state index is 0.0469. The van der Waals surface area contributed by atoms with E-state index in [1.54, 1.807) is 14.0 Å². The molecule has 0 spiro atoms. The average Bonchev–Trinajstić information content (AvgIpc) is 2.24. The van der Waals surface area contributed by atoms with Crippen molar-refractivity contribution >= 4 is 5.91 Å². The van der Waals surface area contributed by atoms with E-state index in [-0.39, 0.29) is 24.3 Å². The summed E-state index contributed by atoms with van der Waals surface area (Å²) in [6.45, 7) is 2.54. The minimum Gasteiger partial charge on any atom is -0.380 e. The first kappa shape index (κ1) is 13.9. The van der Waals surface area contributed by atoms with Gasteiger partial charge in [0.15, 0.2) is 0 Å². The molecular weight excluding hydrogens is 194 g/mol. The summed E-state index contributed by atoms with van der Waals surface area (Å²) in [5.41, 5.74) is 5.41. The molecule has 5 nitrogen and oxygen atoms in total. The van der Waals surface area contributed by atoms with Crippen LogP contribution in [0.25, 0.3) is 0 Å². The summed E-state index contributed by atoms with van der Waals surface area (Å²) in [6.07, 6.45) is 0.0270. The van der Waals surface area contributed by atoms with Crippen LogP contribution in [0.2, 0.25) is 0 Å². The van der Waals surface area contributed by atoms with E-state index >= 15 is 0 Å². The molecule has 0 aromatic heterocycles. The van der Waals surface area contributed by atoms with Gasteiger partial charge in [-0.15, -0.1) is 0 Å². The fourth-order valence-corrected chi connectivity index (χ4v) is 1.17. The average molecular weight is 213 g/mol. The molecule has 1 amide bonds. The van der Waals surface area contributed by atoms with Crippen LogP contribution in [0.15, 0.2) is 0 Å². The van der Waals surface area contributed by atoms with Crippen molar-refractivity contribution in [2.24, 2.45) is 11.7 Å². The standard InChI is InChI=1S/C10H19N3O2/c1-8(5-11)7-13(2)10(14)4-9(6-12)15-3/h8-9H,4,6-7,12H2,1-3H3. The van der Waals surface area contributed by atoms with Crippen LogP contribution in [-0.2, 0) is 9.53 Å². The summed E-state index contributed by atoms with van der Waals surface area (Å²) in [5, 5.41) is 8.61. The number of amides is 1. The third kappa shape index (κ3) is 5.35. The number of nitrogens with two attached hydrogens (primary N) is 1. The normalized spacial score (nSPS) is 14.1. The second kappa shape index (κ2) is 7.21. The topological polar surface area (TPSA) is 79.3 Å². The smallest absolute Gasteiger partial charge is 0.225 e. The van der Waals surface area contributed by atoms with Crippen molar-refractivity contribution in [2.45, 2.75) is 19.4 Å². The first-order chi connectivity index (χ1) is 7.04. The second-order valence-electron chi connectivity index (χ2n) is 3.60. The van der Waals surface area contributed by atoms with Gasteiger partial charge in [-0.3, -0.25) is 4.79 Å². The lowest BCUT2D eigenvalue weighted by Gasteiger charge is -2.20. The van der Waals surface area contributed by atoms with Crippen molar-refractivity contribution in [3.63, 3.8) is 0 Å². The Hall–Kier alpha value is -1.12. The van der Waals surface area contributed by atoms with Gasteiger partial charge in [0.1, 0.15) is 0 Å². The number of rotatable bonds is 6. The van der Waals surface area contributed by atoms with E-state index in [1.807, 2.05) is 0 Å². The molecule has 0 heterocycles. The Balaban J connectivity index is 4.04. The summed E-state index contributed by atoms with van der Waals surface area (Å²) in [7, 11) is 3.21. The van der Waals surface area contributed by atoms with Gasteiger partial charge in [-0.2, -0.15) is 5.26 Å². The molecule has 0 fully saturated rings. The van der Waals surface area contributed by atoms with E-state index in [1.165, 1.54) is 12.0 Å². The van der Waals surface area contributed by atoms with Gasteiger partial charge in [-0.05, 0) is 6.92 Å². The van der Waals surface area contributed by atoms with Crippen LogP contribution in [0.4, 0.5) is 0 Å². The Labute approximate surface area is 90.8 Å². The van der Waals surface area contributed by atoms with E-state index < -0.39 is 0 Å². The van der Waals surface area contributed by atoms with Crippen molar-refractivity contribution in [3.8, 4) is 6.07 Å². The molecule has 2 atom stereocenters. The van der Waals surface area contributed by atoms with Gasteiger partial charge in [0.25, 0.3) is 0 Å². The highest BCUT2D eigenvalue weighted by molar-refractivity contribution is 5.76. The zero-order valence-electron chi connectivity index (χ0n) is 9.56. The second-order valence-corrected chi connectivity index (χ2v) is 3.60. The lowest BCUT2D eigenvalue weighted by atomic mass is 10.2. The molecule has 0 rings (SSSR count). The Bertz CT molecular complexity index is 233. The fraction of sp³-hybridized carbons (Fsp3) is 0.800. The number of hydrogen-bond acceptors (Lipinski definition) is 4. The molecular formula is C10H19N3O2. The maximum Gasteiger partial charge on any atom is 0.225 e. The molecule has 15 heavy (non-hydrogen) atoms. The number of methoxy groups -OCH3 is 1. The number of hydrogen-bond donors (Lipinski definition) is 1. The molecule has 0 aromatic carbocycles. The lowest BCUT2D eigenvalue weighted by molar-refractivity contribution is -0.132. The zero-order valence-corrected chi connectivity index (χ0v) is 9.56. The molecule has 0 saturated heterocycles. The van der Waals surface area contributed by atoms with Crippen LogP contribution in [-0.4, -0.2) is 44.2 Å². The SMILES string of the molecule is COC(CN)CC(=O)N(C)CC(C)C#N. The predicted octanol–water partition coefficient (Wildman–Crippen LogP) is -0.0317. The number of carbonyl (C=O) groups excluding carboxylic acids is 1. The highest BCUT2D eigenvalue weighted by atomic mass is 16.5. The van der Waals surface area contributed by atoms with Gasteiger partial charge in [-0.1, -0.05) is 0 Å². The highest BCUT2D eigenvalue weighted by Gasteiger charge is 2.16. The molecule has 0 aliphatic rings. The molecule has 86 valence electrons. The number of carbonyl (C=O) groups is 1. The van der Waals surface area contributed by atoms with E-state index in [2.05, 4.69) is 6.07 Å². The van der Waals surface area contributed by atoms with E-state index in [0.29, 0.717) is 13.1 Å². The highest BCUT2D eigenvalue weighted by Crippen LogP contribution is 2.02. The number of ether oxygens (including phenoxy) is 1. The maximum absolute atomic E-state index is 11.6. The van der Waals surface area contributed by atoms with Crippen molar-refractivity contribution in [2.75, 3.05) is 27.2 Å². The molecule has 5 heteroatoms. The summed E-state index contributed by atoms with van der Waals surface area (Å²) >= 11 is 0. The van der Waals surface area contributed by atoms with Gasteiger partial charge >= 0.3 is 0 Å². The van der Waals surface area contributed by atoms with Crippen LogP contribution in [0, 0.1) is 17.2 Å². The third-order valence-corrected chi connectivity index (χ3v) is 2.19. The van der Waals surface area contributed by atoms with Gasteiger partial charge in [-0.25, -0.2) is 0 Å². The number of nitrogens with zero attached hydrogens (tertiary/aromatic N) is 2. The summed E-state index contributed by atoms with van der Waals surface area (Å²) in [6, 6.07) is 2.08. The molecule has 0 radical (unpaired) electrons. The van der Waals surface area contributed by atoms with E-state index in [9.17, 15) is 4.79 Å². The molecule has 0 aliphatic heterocycles. The first-order valence-corrected chi connectivity index (χ1v) is 4.91. The zero-order chi connectivity index (χ0) is 11.8. The van der Waals surface area contributed by atoms with Crippen molar-refractivity contribution in [1.82, 2.24) is 4.90 Å². The molecule has 2 unspecified atom stereocenters. The lowest BCUT2D eigenvalue weighted by Crippen LogP contribution is -2.35. The maximum atomic E-state index is 11.6. The van der Waals surface area contributed by atoms with Gasteiger partial charge in [0.05, 0.1) is 24.5 Å². The molecule has 2 N–H and O–H groups in total. The minimum atomic E-state index is -0.239. The third-order valence-electron chi connectivity index (χ3n) is 2.19. The quantitative estimate of drug-likeness (QED) is 0.672.